The normalized spacial score (nSPS) is 24.1. The minimum atomic E-state index is -2.07. The van der Waals surface area contributed by atoms with Gasteiger partial charge in [-0.25, -0.2) is 28.5 Å². The summed E-state index contributed by atoms with van der Waals surface area (Å²) in [5, 5.41) is 11.1. The molecule has 4 atom stereocenters. The number of alkyl halides is 2. The summed E-state index contributed by atoms with van der Waals surface area (Å²) in [6, 6.07) is 6.71. The highest BCUT2D eigenvalue weighted by molar-refractivity contribution is 6.53. The lowest BCUT2D eigenvalue weighted by atomic mass is 9.64. The van der Waals surface area contributed by atoms with Crippen LogP contribution in [0, 0.1) is 0 Å². The molecule has 4 heterocycles. The zero-order valence-corrected chi connectivity index (χ0v) is 29.1. The molecule has 2 aliphatic heterocycles. The van der Waals surface area contributed by atoms with Gasteiger partial charge >= 0.3 is 11.4 Å². The minimum Gasteiger partial charge on any atom is -0.508 e. The maximum Gasteiger partial charge on any atom is 0.347 e. The first-order chi connectivity index (χ1) is 23.7. The van der Waals surface area contributed by atoms with Crippen molar-refractivity contribution in [2.45, 2.75) is 47.6 Å². The van der Waals surface area contributed by atoms with Crippen LogP contribution in [0.4, 0.5) is 0 Å². The van der Waals surface area contributed by atoms with Crippen molar-refractivity contribution in [2.24, 2.45) is 7.05 Å². The number of rotatable bonds is 7. The molecule has 17 heteroatoms. The van der Waals surface area contributed by atoms with Crippen LogP contribution >= 0.6 is 23.2 Å². The van der Waals surface area contributed by atoms with Crippen LogP contribution in [0.15, 0.2) is 56.4 Å². The molecular formula is C33H32Cl2N6O9. The van der Waals surface area contributed by atoms with E-state index in [9.17, 15) is 29.1 Å². The summed E-state index contributed by atoms with van der Waals surface area (Å²) in [4.78, 5) is 69.9. The Hall–Kier alpha value is -5.02. The smallest absolute Gasteiger partial charge is 0.347 e. The Kier molecular flexibility index (Phi) is 7.71. The topological polar surface area (TPSA) is 169 Å². The quantitative estimate of drug-likeness (QED) is 0.168. The summed E-state index contributed by atoms with van der Waals surface area (Å²) < 4.78 is 20.8. The zero-order valence-electron chi connectivity index (χ0n) is 27.6. The van der Waals surface area contributed by atoms with Gasteiger partial charge in [0.2, 0.25) is 0 Å². The van der Waals surface area contributed by atoms with E-state index in [4.69, 9.17) is 37.4 Å². The van der Waals surface area contributed by atoms with Crippen molar-refractivity contribution < 1.29 is 28.9 Å². The largest absolute Gasteiger partial charge is 0.508 e. The van der Waals surface area contributed by atoms with Gasteiger partial charge in [-0.3, -0.25) is 19.3 Å². The Morgan fingerprint density at radius 3 is 2.30 bits per heavy atom. The van der Waals surface area contributed by atoms with Gasteiger partial charge in [0, 0.05) is 63.2 Å². The van der Waals surface area contributed by atoms with E-state index in [-0.39, 0.29) is 42.9 Å². The lowest BCUT2D eigenvalue weighted by Crippen LogP contribution is -2.59. The second-order valence-corrected chi connectivity index (χ2v) is 13.7. The SMILES string of the molecule is COc1ccc(C2C3=CCn4c(=O)n(CCc5nc6cc(OC)c(OC)cc6n(C)c5=O)c(=O)n4C3CC3(Cl)C(=O)N(C)C(=O)C23Cl)c(O)c1. The van der Waals surface area contributed by atoms with Gasteiger partial charge in [0.1, 0.15) is 17.2 Å². The van der Waals surface area contributed by atoms with E-state index in [0.29, 0.717) is 33.9 Å². The highest BCUT2D eigenvalue weighted by Crippen LogP contribution is 2.64. The summed E-state index contributed by atoms with van der Waals surface area (Å²) in [7, 11) is 7.24. The van der Waals surface area contributed by atoms with Crippen molar-refractivity contribution in [3.05, 3.63) is 84.6 Å². The summed E-state index contributed by atoms with van der Waals surface area (Å²) in [6.07, 6.45) is 1.31. The van der Waals surface area contributed by atoms with E-state index in [2.05, 4.69) is 4.98 Å². The number of amides is 2. The van der Waals surface area contributed by atoms with Crippen LogP contribution in [0.1, 0.15) is 29.6 Å². The van der Waals surface area contributed by atoms with Crippen molar-refractivity contribution in [1.82, 2.24) is 28.4 Å². The van der Waals surface area contributed by atoms with Gasteiger partial charge in [-0.1, -0.05) is 12.1 Å². The van der Waals surface area contributed by atoms with Crippen LogP contribution in [0.2, 0.25) is 0 Å². The molecule has 2 aromatic carbocycles. The van der Waals surface area contributed by atoms with Crippen molar-refractivity contribution in [2.75, 3.05) is 28.4 Å². The third kappa shape index (κ3) is 4.35. The number of carbonyl (C=O) groups excluding carboxylic acids is 2. The molecule has 2 amide bonds. The number of halogens is 2. The van der Waals surface area contributed by atoms with Crippen molar-refractivity contribution >= 4 is 46.0 Å². The maximum absolute atomic E-state index is 14.1. The van der Waals surface area contributed by atoms with Crippen molar-refractivity contribution in [1.29, 1.82) is 0 Å². The summed E-state index contributed by atoms with van der Waals surface area (Å²) in [5.74, 6) is -1.80. The molecule has 1 saturated heterocycles. The maximum atomic E-state index is 14.1. The predicted octanol–water partition coefficient (Wildman–Crippen LogP) is 1.65. The van der Waals surface area contributed by atoms with E-state index in [1.807, 2.05) is 0 Å². The van der Waals surface area contributed by atoms with Crippen LogP contribution in [-0.4, -0.2) is 83.4 Å². The number of nitrogens with zero attached hydrogens (tertiary/aromatic N) is 6. The highest BCUT2D eigenvalue weighted by atomic mass is 35.5. The van der Waals surface area contributed by atoms with Crippen LogP contribution in [0.25, 0.3) is 11.0 Å². The van der Waals surface area contributed by atoms with Crippen LogP contribution in [-0.2, 0) is 36.1 Å². The number of methoxy groups -OCH3 is 3. The minimum absolute atomic E-state index is 0.0641. The van der Waals surface area contributed by atoms with Crippen LogP contribution in [0.3, 0.4) is 0 Å². The first-order valence-corrected chi connectivity index (χ1v) is 16.3. The fraction of sp³-hybridized carbons (Fsp3) is 0.394. The standard InChI is InChI=1S/C33H32Cl2N6O9/c1-37-21-14-25(50-5)24(49-4)13-20(21)36-19(27(37)43)9-10-39-30(46)40-11-8-17-22(41(40)31(39)47)15-32(34)28(44)38(2)29(45)33(32,35)26(17)18-7-6-16(48-3)12-23(18)42/h6-8,12-14,22,26,42H,9-11,15H2,1-5H3. The summed E-state index contributed by atoms with van der Waals surface area (Å²) in [6.45, 7) is -0.278. The number of fused-ring (bicyclic) bond motifs is 5. The number of aromatic nitrogens is 5. The van der Waals surface area contributed by atoms with Gasteiger partial charge in [0.15, 0.2) is 21.2 Å². The molecule has 4 unspecified atom stereocenters. The Morgan fingerprint density at radius 1 is 0.940 bits per heavy atom. The molecule has 0 bridgehead atoms. The molecule has 7 rings (SSSR count). The Labute approximate surface area is 293 Å². The number of aromatic hydroxyl groups is 1. The lowest BCUT2D eigenvalue weighted by molar-refractivity contribution is -0.137. The predicted molar refractivity (Wildman–Crippen MR) is 181 cm³/mol. The number of imide groups is 1. The third-order valence-corrected chi connectivity index (χ3v) is 11.5. The second-order valence-electron chi connectivity index (χ2n) is 12.5. The van der Waals surface area contributed by atoms with Gasteiger partial charge in [0.05, 0.1) is 44.9 Å². The molecule has 0 spiro atoms. The average Bonchev–Trinajstić information content (AvgIpc) is 3.42. The first-order valence-electron chi connectivity index (χ1n) is 15.5. The number of likely N-dealkylation sites (tertiary alicyclic amines) is 1. The molecule has 50 heavy (non-hydrogen) atoms. The molecule has 4 aromatic rings. The van der Waals surface area contributed by atoms with Crippen LogP contribution in [0.5, 0.6) is 23.0 Å². The van der Waals surface area contributed by atoms with Gasteiger partial charge in [0.25, 0.3) is 17.4 Å². The molecule has 3 aliphatic rings. The molecule has 1 saturated carbocycles. The molecule has 1 aliphatic carbocycles. The number of aryl methyl sites for hydroxylation is 2. The molecule has 1 N–H and O–H groups in total. The van der Waals surface area contributed by atoms with E-state index in [0.717, 1.165) is 9.47 Å². The number of phenols is 1. The fourth-order valence-electron chi connectivity index (χ4n) is 7.58. The summed E-state index contributed by atoms with van der Waals surface area (Å²) >= 11 is 14.3. The van der Waals surface area contributed by atoms with Gasteiger partial charge < -0.3 is 23.9 Å². The first kappa shape index (κ1) is 33.5. The number of phenolic OH excluding ortho intramolecular Hbond substituents is 1. The molecule has 0 radical (unpaired) electrons. The van der Waals surface area contributed by atoms with E-state index in [1.54, 1.807) is 31.3 Å². The van der Waals surface area contributed by atoms with Crippen molar-refractivity contribution in [3.63, 3.8) is 0 Å². The highest BCUT2D eigenvalue weighted by Gasteiger charge is 2.75. The number of carbonyl (C=O) groups is 2. The Morgan fingerprint density at radius 2 is 1.64 bits per heavy atom. The Balaban J connectivity index is 1.31. The van der Waals surface area contributed by atoms with Gasteiger partial charge in [-0.05, 0) is 11.6 Å². The third-order valence-electron chi connectivity index (χ3n) is 10.1. The second kappa shape index (κ2) is 11.5. The monoisotopic (exact) mass is 726 g/mol. The lowest BCUT2D eigenvalue weighted by Gasteiger charge is -2.49. The van der Waals surface area contributed by atoms with E-state index in [1.165, 1.54) is 54.4 Å². The van der Waals surface area contributed by atoms with Crippen molar-refractivity contribution in [3.8, 4) is 23.0 Å². The molecule has 262 valence electrons. The molecule has 2 aromatic heterocycles. The van der Waals surface area contributed by atoms with E-state index < -0.39 is 50.5 Å². The van der Waals surface area contributed by atoms with E-state index >= 15 is 0 Å². The fourth-order valence-corrected chi connectivity index (χ4v) is 8.57. The number of hydrogen-bond donors (Lipinski definition) is 1. The number of benzene rings is 2. The number of hydrogen-bond acceptors (Lipinski definition) is 10. The average molecular weight is 728 g/mol. The van der Waals surface area contributed by atoms with Crippen LogP contribution < -0.4 is 31.1 Å². The molecule has 2 fully saturated rings. The van der Waals surface area contributed by atoms with Gasteiger partial charge in [-0.15, -0.1) is 23.2 Å². The molecular weight excluding hydrogens is 695 g/mol. The van der Waals surface area contributed by atoms with Gasteiger partial charge in [-0.2, -0.15) is 0 Å². The number of allylic oxidation sites excluding steroid dienone is 2. The molecule has 15 nitrogen and oxygen atoms in total. The number of ether oxygens (including phenoxy) is 3. The Bertz CT molecular complexity index is 2360. The summed E-state index contributed by atoms with van der Waals surface area (Å²) in [5.41, 5.74) is -0.120. The zero-order chi connectivity index (χ0) is 36.0.